The molecule has 1 aromatic carbocycles. The second-order valence-corrected chi connectivity index (χ2v) is 5.36. The van der Waals surface area contributed by atoms with Crippen LogP contribution in [0.4, 0.5) is 0 Å². The first-order chi connectivity index (χ1) is 10.2. The number of rotatable bonds is 8. The zero-order valence-corrected chi connectivity index (χ0v) is 13.2. The second-order valence-electron chi connectivity index (χ2n) is 5.36. The number of aromatic nitrogens is 2. The molecular weight excluding hydrogens is 262 g/mol. The number of benzene rings is 1. The van der Waals surface area contributed by atoms with Crippen molar-refractivity contribution in [3.05, 3.63) is 48.0 Å². The van der Waals surface area contributed by atoms with Gasteiger partial charge in [-0.2, -0.15) is 0 Å². The first-order valence-electron chi connectivity index (χ1n) is 7.55. The molecule has 1 unspecified atom stereocenters. The van der Waals surface area contributed by atoms with E-state index in [1.807, 2.05) is 31.6 Å². The van der Waals surface area contributed by atoms with Crippen LogP contribution in [0.2, 0.25) is 0 Å². The number of nitrogens with zero attached hydrogens (tertiary/aromatic N) is 2. The molecular formula is C17H25N3O. The summed E-state index contributed by atoms with van der Waals surface area (Å²) in [6.45, 7) is 3.23. The van der Waals surface area contributed by atoms with Gasteiger partial charge >= 0.3 is 0 Å². The number of aryl methyl sites for hydroxylation is 1. The van der Waals surface area contributed by atoms with Crippen molar-refractivity contribution in [2.75, 3.05) is 13.7 Å². The van der Waals surface area contributed by atoms with Crippen LogP contribution in [0.5, 0.6) is 5.75 Å². The van der Waals surface area contributed by atoms with Crippen LogP contribution >= 0.6 is 0 Å². The van der Waals surface area contributed by atoms with Crippen LogP contribution in [0.15, 0.2) is 36.7 Å². The highest BCUT2D eigenvalue weighted by Gasteiger charge is 2.12. The van der Waals surface area contributed by atoms with Gasteiger partial charge in [-0.25, -0.2) is 4.98 Å². The van der Waals surface area contributed by atoms with Crippen molar-refractivity contribution in [1.29, 1.82) is 0 Å². The lowest BCUT2D eigenvalue weighted by Gasteiger charge is -2.18. The van der Waals surface area contributed by atoms with Gasteiger partial charge in [0.2, 0.25) is 0 Å². The SMILES string of the molecule is CCCNC(Cc1ccc(OC)cc1)Cc1nccn1C. The Hall–Kier alpha value is -1.81. The average Bonchev–Trinajstić information content (AvgIpc) is 2.91. The Kier molecular flexibility index (Phi) is 5.81. The smallest absolute Gasteiger partial charge is 0.118 e. The fourth-order valence-electron chi connectivity index (χ4n) is 2.42. The Morgan fingerprint density at radius 3 is 2.57 bits per heavy atom. The molecule has 0 amide bonds. The maximum atomic E-state index is 5.21. The highest BCUT2D eigenvalue weighted by atomic mass is 16.5. The molecule has 2 aromatic rings. The molecule has 0 aliphatic rings. The van der Waals surface area contributed by atoms with Gasteiger partial charge in [0.1, 0.15) is 11.6 Å². The Bertz CT molecular complexity index is 533. The number of nitrogens with one attached hydrogen (secondary N) is 1. The molecule has 1 aromatic heterocycles. The van der Waals surface area contributed by atoms with Gasteiger partial charge in [0.05, 0.1) is 7.11 Å². The van der Waals surface area contributed by atoms with E-state index in [4.69, 9.17) is 4.74 Å². The maximum Gasteiger partial charge on any atom is 0.118 e. The molecule has 0 bridgehead atoms. The standard InChI is InChI=1S/C17H25N3O/c1-4-9-18-15(13-17-19-10-11-20(17)2)12-14-5-7-16(21-3)8-6-14/h5-8,10-11,15,18H,4,9,12-13H2,1-3H3. The zero-order valence-electron chi connectivity index (χ0n) is 13.2. The molecule has 0 saturated heterocycles. The Morgan fingerprint density at radius 2 is 2.00 bits per heavy atom. The predicted molar refractivity (Wildman–Crippen MR) is 85.7 cm³/mol. The highest BCUT2D eigenvalue weighted by Crippen LogP contribution is 2.14. The van der Waals surface area contributed by atoms with Crippen molar-refractivity contribution in [2.45, 2.75) is 32.2 Å². The van der Waals surface area contributed by atoms with Crippen LogP contribution in [0.25, 0.3) is 0 Å². The summed E-state index contributed by atoms with van der Waals surface area (Å²) in [5.74, 6) is 2.03. The van der Waals surface area contributed by atoms with Crippen LogP contribution in [0.3, 0.4) is 0 Å². The van der Waals surface area contributed by atoms with Gasteiger partial charge in [0, 0.05) is 31.9 Å². The molecule has 4 heteroatoms. The van der Waals surface area contributed by atoms with E-state index in [1.165, 1.54) is 5.56 Å². The fourth-order valence-corrected chi connectivity index (χ4v) is 2.42. The van der Waals surface area contributed by atoms with Gasteiger partial charge in [-0.05, 0) is 37.1 Å². The molecule has 0 saturated carbocycles. The summed E-state index contributed by atoms with van der Waals surface area (Å²) >= 11 is 0. The minimum absolute atomic E-state index is 0.402. The van der Waals surface area contributed by atoms with E-state index in [-0.39, 0.29) is 0 Å². The van der Waals surface area contributed by atoms with Crippen LogP contribution in [-0.2, 0) is 19.9 Å². The third-order valence-corrected chi connectivity index (χ3v) is 3.67. The summed E-state index contributed by atoms with van der Waals surface area (Å²) in [4.78, 5) is 4.44. The molecule has 2 rings (SSSR count). The molecule has 1 heterocycles. The molecule has 0 spiro atoms. The molecule has 1 atom stereocenters. The van der Waals surface area contributed by atoms with E-state index in [0.29, 0.717) is 6.04 Å². The highest BCUT2D eigenvalue weighted by molar-refractivity contribution is 5.27. The van der Waals surface area contributed by atoms with E-state index in [1.54, 1.807) is 7.11 Å². The lowest BCUT2D eigenvalue weighted by atomic mass is 10.0. The van der Waals surface area contributed by atoms with Crippen molar-refractivity contribution >= 4 is 0 Å². The third kappa shape index (κ3) is 4.60. The molecule has 0 fully saturated rings. The first-order valence-corrected chi connectivity index (χ1v) is 7.55. The van der Waals surface area contributed by atoms with Crippen LogP contribution in [0, 0.1) is 0 Å². The van der Waals surface area contributed by atoms with Gasteiger partial charge in [0.15, 0.2) is 0 Å². The lowest BCUT2D eigenvalue weighted by molar-refractivity contribution is 0.414. The van der Waals surface area contributed by atoms with Crippen molar-refractivity contribution in [3.63, 3.8) is 0 Å². The molecule has 1 N–H and O–H groups in total. The van der Waals surface area contributed by atoms with Crippen LogP contribution < -0.4 is 10.1 Å². The van der Waals surface area contributed by atoms with Gasteiger partial charge in [-0.15, -0.1) is 0 Å². The van der Waals surface area contributed by atoms with E-state index in [9.17, 15) is 0 Å². The summed E-state index contributed by atoms with van der Waals surface area (Å²) in [5, 5.41) is 3.63. The van der Waals surface area contributed by atoms with Crippen LogP contribution in [-0.4, -0.2) is 29.2 Å². The zero-order chi connectivity index (χ0) is 15.1. The van der Waals surface area contributed by atoms with E-state index in [2.05, 4.69) is 33.9 Å². The van der Waals surface area contributed by atoms with Gasteiger partial charge in [-0.3, -0.25) is 0 Å². The largest absolute Gasteiger partial charge is 0.497 e. The van der Waals surface area contributed by atoms with Gasteiger partial charge in [-0.1, -0.05) is 19.1 Å². The fraction of sp³-hybridized carbons (Fsp3) is 0.471. The predicted octanol–water partition coefficient (Wildman–Crippen LogP) is 2.58. The summed E-state index contributed by atoms with van der Waals surface area (Å²) in [7, 11) is 3.74. The van der Waals surface area contributed by atoms with E-state index in [0.717, 1.165) is 37.4 Å². The number of hydrogen-bond donors (Lipinski definition) is 1. The quantitative estimate of drug-likeness (QED) is 0.811. The monoisotopic (exact) mass is 287 g/mol. The molecule has 0 aliphatic heterocycles. The minimum Gasteiger partial charge on any atom is -0.497 e. The molecule has 21 heavy (non-hydrogen) atoms. The second kappa shape index (κ2) is 7.84. The van der Waals surface area contributed by atoms with Crippen molar-refractivity contribution in [1.82, 2.24) is 14.9 Å². The van der Waals surface area contributed by atoms with E-state index < -0.39 is 0 Å². The Balaban J connectivity index is 2.02. The first kappa shape index (κ1) is 15.6. The summed E-state index contributed by atoms with van der Waals surface area (Å²) < 4.78 is 7.30. The summed E-state index contributed by atoms with van der Waals surface area (Å²) in [5.41, 5.74) is 1.32. The molecule has 0 aliphatic carbocycles. The average molecular weight is 287 g/mol. The van der Waals surface area contributed by atoms with Crippen molar-refractivity contribution in [2.24, 2.45) is 7.05 Å². The summed E-state index contributed by atoms with van der Waals surface area (Å²) in [6.07, 6.45) is 6.94. The number of methoxy groups -OCH3 is 1. The van der Waals surface area contributed by atoms with Crippen molar-refractivity contribution < 1.29 is 4.74 Å². The third-order valence-electron chi connectivity index (χ3n) is 3.67. The lowest BCUT2D eigenvalue weighted by Crippen LogP contribution is -2.34. The normalized spacial score (nSPS) is 12.3. The number of hydrogen-bond acceptors (Lipinski definition) is 3. The van der Waals surface area contributed by atoms with Gasteiger partial charge in [0.25, 0.3) is 0 Å². The number of imidazole rings is 1. The van der Waals surface area contributed by atoms with Gasteiger partial charge < -0.3 is 14.6 Å². The Morgan fingerprint density at radius 1 is 1.24 bits per heavy atom. The molecule has 114 valence electrons. The maximum absolute atomic E-state index is 5.21. The van der Waals surface area contributed by atoms with Crippen LogP contribution in [0.1, 0.15) is 24.7 Å². The summed E-state index contributed by atoms with van der Waals surface area (Å²) in [6, 6.07) is 8.72. The Labute approximate surface area is 127 Å². The van der Waals surface area contributed by atoms with E-state index >= 15 is 0 Å². The molecule has 4 nitrogen and oxygen atoms in total. The number of ether oxygens (including phenoxy) is 1. The minimum atomic E-state index is 0.402. The topological polar surface area (TPSA) is 39.1 Å². The molecule has 0 radical (unpaired) electrons. The van der Waals surface area contributed by atoms with Crippen molar-refractivity contribution in [3.8, 4) is 5.75 Å².